The standard InChI is InChI=1S/C13H18ClFN2.ClH/c1-2-12(17-8-6-16-7-9-17)13-10(14)4-3-5-11(13)15;/h3-5,12,16H,2,6-9H2,1H3;1H/t12-;/m1./s1. The second kappa shape index (κ2) is 7.29. The van der Waals surface area contributed by atoms with Gasteiger partial charge in [0, 0.05) is 42.8 Å². The molecule has 1 heterocycles. The Balaban J connectivity index is 0.00000162. The van der Waals surface area contributed by atoms with Gasteiger partial charge in [0.25, 0.3) is 0 Å². The maximum absolute atomic E-state index is 13.9. The van der Waals surface area contributed by atoms with Crippen LogP contribution in [0.1, 0.15) is 24.9 Å². The molecule has 18 heavy (non-hydrogen) atoms. The van der Waals surface area contributed by atoms with Crippen molar-refractivity contribution in [3.8, 4) is 0 Å². The van der Waals surface area contributed by atoms with Crippen LogP contribution >= 0.6 is 24.0 Å². The fourth-order valence-corrected chi connectivity index (χ4v) is 2.76. The van der Waals surface area contributed by atoms with Crippen LogP contribution in [0.25, 0.3) is 0 Å². The normalized spacial score (nSPS) is 18.2. The summed E-state index contributed by atoms with van der Waals surface area (Å²) in [6, 6.07) is 5.01. The van der Waals surface area contributed by atoms with Crippen LogP contribution in [0, 0.1) is 5.82 Å². The molecule has 1 N–H and O–H groups in total. The van der Waals surface area contributed by atoms with Gasteiger partial charge in [-0.15, -0.1) is 12.4 Å². The molecule has 1 saturated heterocycles. The second-order valence-electron chi connectivity index (χ2n) is 4.35. The highest BCUT2D eigenvalue weighted by Crippen LogP contribution is 2.32. The lowest BCUT2D eigenvalue weighted by molar-refractivity contribution is 0.166. The summed E-state index contributed by atoms with van der Waals surface area (Å²) < 4.78 is 13.9. The van der Waals surface area contributed by atoms with Crippen LogP contribution in [0.3, 0.4) is 0 Å². The molecule has 1 aromatic rings. The summed E-state index contributed by atoms with van der Waals surface area (Å²) in [7, 11) is 0. The monoisotopic (exact) mass is 292 g/mol. The number of piperazine rings is 1. The van der Waals surface area contributed by atoms with Gasteiger partial charge in [-0.3, -0.25) is 4.90 Å². The predicted molar refractivity (Wildman–Crippen MR) is 76.1 cm³/mol. The first kappa shape index (κ1) is 15.7. The lowest BCUT2D eigenvalue weighted by Gasteiger charge is -2.35. The largest absolute Gasteiger partial charge is 0.314 e. The molecular weight excluding hydrogens is 274 g/mol. The van der Waals surface area contributed by atoms with Crippen molar-refractivity contribution in [1.29, 1.82) is 0 Å². The van der Waals surface area contributed by atoms with Gasteiger partial charge in [0.2, 0.25) is 0 Å². The molecule has 0 amide bonds. The third-order valence-corrected chi connectivity index (χ3v) is 3.64. The lowest BCUT2D eigenvalue weighted by atomic mass is 10.0. The maximum atomic E-state index is 13.9. The highest BCUT2D eigenvalue weighted by molar-refractivity contribution is 6.31. The zero-order valence-electron chi connectivity index (χ0n) is 10.5. The van der Waals surface area contributed by atoms with Gasteiger partial charge in [0.15, 0.2) is 0 Å². The molecule has 0 unspecified atom stereocenters. The van der Waals surface area contributed by atoms with Crippen LogP contribution < -0.4 is 5.32 Å². The van der Waals surface area contributed by atoms with Gasteiger partial charge >= 0.3 is 0 Å². The minimum Gasteiger partial charge on any atom is -0.314 e. The Kier molecular flexibility index (Phi) is 6.36. The molecule has 1 atom stereocenters. The number of nitrogens with one attached hydrogen (secondary N) is 1. The molecular formula is C13H19Cl2FN2. The lowest BCUT2D eigenvalue weighted by Crippen LogP contribution is -2.45. The van der Waals surface area contributed by atoms with Crippen molar-refractivity contribution < 1.29 is 4.39 Å². The summed E-state index contributed by atoms with van der Waals surface area (Å²) in [5, 5.41) is 3.84. The maximum Gasteiger partial charge on any atom is 0.129 e. The van der Waals surface area contributed by atoms with Crippen LogP contribution in [0.4, 0.5) is 4.39 Å². The fraction of sp³-hybridized carbons (Fsp3) is 0.538. The van der Waals surface area contributed by atoms with E-state index in [1.165, 1.54) is 6.07 Å². The molecule has 0 aromatic heterocycles. The predicted octanol–water partition coefficient (Wildman–Crippen LogP) is 3.26. The van der Waals surface area contributed by atoms with Crippen molar-refractivity contribution in [2.45, 2.75) is 19.4 Å². The summed E-state index contributed by atoms with van der Waals surface area (Å²) in [4.78, 5) is 2.31. The van der Waals surface area contributed by atoms with E-state index in [1.807, 2.05) is 0 Å². The fourth-order valence-electron chi connectivity index (χ4n) is 2.47. The average Bonchev–Trinajstić information content (AvgIpc) is 2.35. The van der Waals surface area contributed by atoms with Gasteiger partial charge in [-0.2, -0.15) is 0 Å². The molecule has 0 aliphatic carbocycles. The van der Waals surface area contributed by atoms with Crippen LogP contribution in [0.2, 0.25) is 5.02 Å². The minimum atomic E-state index is -0.192. The minimum absolute atomic E-state index is 0. The average molecular weight is 293 g/mol. The third-order valence-electron chi connectivity index (χ3n) is 3.31. The zero-order valence-corrected chi connectivity index (χ0v) is 12.0. The molecule has 1 fully saturated rings. The molecule has 1 aliphatic heterocycles. The molecule has 102 valence electrons. The van der Waals surface area contributed by atoms with Crippen LogP contribution in [-0.2, 0) is 0 Å². The van der Waals surface area contributed by atoms with Crippen molar-refractivity contribution in [3.05, 3.63) is 34.6 Å². The Morgan fingerprint density at radius 1 is 1.39 bits per heavy atom. The van der Waals surface area contributed by atoms with Crippen LogP contribution in [0.15, 0.2) is 18.2 Å². The van der Waals surface area contributed by atoms with E-state index in [1.54, 1.807) is 12.1 Å². The number of rotatable bonds is 3. The first-order chi connectivity index (χ1) is 8.24. The molecule has 1 aliphatic rings. The topological polar surface area (TPSA) is 15.3 Å². The number of hydrogen-bond acceptors (Lipinski definition) is 2. The van der Waals surface area contributed by atoms with E-state index in [0.717, 1.165) is 32.6 Å². The van der Waals surface area contributed by atoms with Gasteiger partial charge < -0.3 is 5.32 Å². The third kappa shape index (κ3) is 3.35. The van der Waals surface area contributed by atoms with Crippen molar-refractivity contribution in [3.63, 3.8) is 0 Å². The van der Waals surface area contributed by atoms with E-state index in [9.17, 15) is 4.39 Å². The molecule has 2 rings (SSSR count). The van der Waals surface area contributed by atoms with Crippen LogP contribution in [0.5, 0.6) is 0 Å². The van der Waals surface area contributed by atoms with Gasteiger partial charge in [-0.1, -0.05) is 24.6 Å². The Morgan fingerprint density at radius 2 is 2.06 bits per heavy atom. The Hall–Kier alpha value is -0.350. The first-order valence-electron chi connectivity index (χ1n) is 6.12. The number of halogens is 3. The number of hydrogen-bond donors (Lipinski definition) is 1. The molecule has 0 saturated carbocycles. The van der Waals surface area contributed by atoms with Crippen molar-refractivity contribution in [2.75, 3.05) is 26.2 Å². The second-order valence-corrected chi connectivity index (χ2v) is 4.75. The highest BCUT2D eigenvalue weighted by Gasteiger charge is 2.24. The summed E-state index contributed by atoms with van der Waals surface area (Å²) in [5.74, 6) is -0.192. The smallest absolute Gasteiger partial charge is 0.129 e. The van der Waals surface area contributed by atoms with E-state index >= 15 is 0 Å². The van der Waals surface area contributed by atoms with Gasteiger partial charge in [-0.05, 0) is 18.6 Å². The number of nitrogens with zero attached hydrogens (tertiary/aromatic N) is 1. The first-order valence-corrected chi connectivity index (χ1v) is 6.50. The zero-order chi connectivity index (χ0) is 12.3. The summed E-state index contributed by atoms with van der Waals surface area (Å²) in [6.07, 6.45) is 0.876. The highest BCUT2D eigenvalue weighted by atomic mass is 35.5. The SMILES string of the molecule is CC[C@H](c1c(F)cccc1Cl)N1CCNCC1.Cl. The molecule has 0 bridgehead atoms. The van der Waals surface area contributed by atoms with E-state index in [0.29, 0.717) is 10.6 Å². The van der Waals surface area contributed by atoms with Gasteiger partial charge in [0.1, 0.15) is 5.82 Å². The molecule has 1 aromatic carbocycles. The summed E-state index contributed by atoms with van der Waals surface area (Å²) in [6.45, 7) is 5.90. The van der Waals surface area contributed by atoms with Crippen molar-refractivity contribution in [1.82, 2.24) is 10.2 Å². The van der Waals surface area contributed by atoms with Crippen LogP contribution in [-0.4, -0.2) is 31.1 Å². The van der Waals surface area contributed by atoms with E-state index < -0.39 is 0 Å². The van der Waals surface area contributed by atoms with Gasteiger partial charge in [0.05, 0.1) is 0 Å². The van der Waals surface area contributed by atoms with Crippen molar-refractivity contribution >= 4 is 24.0 Å². The van der Waals surface area contributed by atoms with E-state index in [2.05, 4.69) is 17.1 Å². The molecule has 0 radical (unpaired) electrons. The van der Waals surface area contributed by atoms with E-state index in [4.69, 9.17) is 11.6 Å². The van der Waals surface area contributed by atoms with Gasteiger partial charge in [-0.25, -0.2) is 4.39 Å². The Labute approximate surface area is 119 Å². The Morgan fingerprint density at radius 3 is 2.61 bits per heavy atom. The number of benzene rings is 1. The molecule has 2 nitrogen and oxygen atoms in total. The summed E-state index contributed by atoms with van der Waals surface area (Å²) in [5.41, 5.74) is 0.651. The molecule has 0 spiro atoms. The summed E-state index contributed by atoms with van der Waals surface area (Å²) >= 11 is 6.14. The quantitative estimate of drug-likeness (QED) is 0.920. The van der Waals surface area contributed by atoms with E-state index in [-0.39, 0.29) is 24.3 Å². The Bertz CT molecular complexity index is 361. The van der Waals surface area contributed by atoms with Crippen molar-refractivity contribution in [2.24, 2.45) is 0 Å². The molecule has 5 heteroatoms.